The van der Waals surface area contributed by atoms with E-state index in [1.165, 1.54) is 9.56 Å². The van der Waals surface area contributed by atoms with Gasteiger partial charge in [0.05, 0.1) is 5.69 Å². The molecule has 110 valence electrons. The maximum Gasteiger partial charge on any atom is 0.342 e. The quantitative estimate of drug-likeness (QED) is 0.947. The minimum absolute atomic E-state index is 0.161. The van der Waals surface area contributed by atoms with Crippen molar-refractivity contribution in [2.24, 2.45) is 0 Å². The van der Waals surface area contributed by atoms with E-state index in [4.69, 9.17) is 0 Å². The van der Waals surface area contributed by atoms with Crippen molar-refractivity contribution >= 4 is 29.5 Å². The van der Waals surface area contributed by atoms with Crippen LogP contribution in [0.2, 0.25) is 0 Å². The first-order valence-electron chi connectivity index (χ1n) is 6.97. The number of thiophene rings is 1. The molecule has 0 radical (unpaired) electrons. The summed E-state index contributed by atoms with van der Waals surface area (Å²) in [5.74, 6) is 0. The van der Waals surface area contributed by atoms with Gasteiger partial charge in [-0.3, -0.25) is 0 Å². The molecular formula is C15H18N4OS. The van der Waals surface area contributed by atoms with Crippen LogP contribution in [0.1, 0.15) is 17.0 Å². The molecule has 1 atom stereocenters. The molecule has 1 unspecified atom stereocenters. The van der Waals surface area contributed by atoms with Gasteiger partial charge in [0.15, 0.2) is 0 Å². The highest BCUT2D eigenvalue weighted by molar-refractivity contribution is 7.10. The summed E-state index contributed by atoms with van der Waals surface area (Å²) in [6, 6.07) is 5.95. The third-order valence-electron chi connectivity index (χ3n) is 3.50. The number of aromatic nitrogens is 2. The van der Waals surface area contributed by atoms with E-state index in [-0.39, 0.29) is 12.1 Å². The highest BCUT2D eigenvalue weighted by atomic mass is 32.1. The zero-order chi connectivity index (χ0) is 14.7. The Morgan fingerprint density at radius 3 is 3.10 bits per heavy atom. The van der Waals surface area contributed by atoms with Crippen molar-refractivity contribution in [3.8, 4) is 0 Å². The second-order valence-corrected chi connectivity index (χ2v) is 6.21. The van der Waals surface area contributed by atoms with Gasteiger partial charge in [-0.1, -0.05) is 6.07 Å². The van der Waals surface area contributed by atoms with E-state index in [2.05, 4.69) is 22.4 Å². The minimum atomic E-state index is -0.161. The second-order valence-electron chi connectivity index (χ2n) is 5.23. The number of hydrogen-bond donors (Lipinski definition) is 1. The van der Waals surface area contributed by atoms with E-state index in [1.807, 2.05) is 35.7 Å². The van der Waals surface area contributed by atoms with Gasteiger partial charge in [-0.2, -0.15) is 9.78 Å². The van der Waals surface area contributed by atoms with Crippen molar-refractivity contribution in [1.29, 1.82) is 0 Å². The average Bonchev–Trinajstić information content (AvgIpc) is 3.17. The lowest BCUT2D eigenvalue weighted by molar-refractivity contribution is 0.235. The smallest absolute Gasteiger partial charge is 0.332 e. The number of carbonyl (C=O) groups excluding carboxylic acids is 1. The Balaban J connectivity index is 1.60. The number of rotatable bonds is 3. The molecule has 0 aromatic carbocycles. The van der Waals surface area contributed by atoms with Crippen molar-refractivity contribution in [3.63, 3.8) is 0 Å². The van der Waals surface area contributed by atoms with E-state index in [0.717, 1.165) is 25.2 Å². The van der Waals surface area contributed by atoms with Crippen LogP contribution in [0.3, 0.4) is 0 Å². The molecule has 1 saturated heterocycles. The second kappa shape index (κ2) is 6.24. The minimum Gasteiger partial charge on any atom is -0.332 e. The largest absolute Gasteiger partial charge is 0.342 e. The summed E-state index contributed by atoms with van der Waals surface area (Å²) < 4.78 is 1.37. The monoisotopic (exact) mass is 302 g/mol. The normalized spacial score (nSPS) is 19.4. The third-order valence-corrected chi connectivity index (χ3v) is 4.34. The molecule has 0 spiro atoms. The van der Waals surface area contributed by atoms with E-state index in [0.29, 0.717) is 0 Å². The van der Waals surface area contributed by atoms with Crippen LogP contribution in [-0.4, -0.2) is 46.9 Å². The summed E-state index contributed by atoms with van der Waals surface area (Å²) in [7, 11) is 2.06. The van der Waals surface area contributed by atoms with Gasteiger partial charge >= 0.3 is 6.03 Å². The van der Waals surface area contributed by atoms with Crippen molar-refractivity contribution < 1.29 is 4.79 Å². The number of amides is 1. The van der Waals surface area contributed by atoms with Gasteiger partial charge in [-0.15, -0.1) is 11.3 Å². The fourth-order valence-electron chi connectivity index (χ4n) is 2.39. The molecule has 1 amide bonds. The predicted octanol–water partition coefficient (Wildman–Crippen LogP) is 2.38. The summed E-state index contributed by atoms with van der Waals surface area (Å²) in [5.41, 5.74) is 0.780. The number of likely N-dealkylation sites (tertiary alicyclic amines) is 1. The Kier molecular flexibility index (Phi) is 4.17. The van der Waals surface area contributed by atoms with Crippen LogP contribution in [0.4, 0.5) is 4.79 Å². The number of hydrogen-bond acceptors (Lipinski definition) is 4. The summed E-state index contributed by atoms with van der Waals surface area (Å²) in [4.78, 5) is 15.5. The Morgan fingerprint density at radius 1 is 1.48 bits per heavy atom. The Hall–Kier alpha value is -1.92. The molecule has 1 fully saturated rings. The van der Waals surface area contributed by atoms with E-state index in [1.54, 1.807) is 17.5 Å². The predicted molar refractivity (Wildman–Crippen MR) is 85.3 cm³/mol. The summed E-state index contributed by atoms with van der Waals surface area (Å²) in [5, 5.41) is 9.32. The van der Waals surface area contributed by atoms with E-state index in [9.17, 15) is 4.79 Å². The Bertz CT molecular complexity index is 632. The lowest BCUT2D eigenvalue weighted by Crippen LogP contribution is -2.39. The van der Waals surface area contributed by atoms with Gasteiger partial charge in [0.2, 0.25) is 0 Å². The van der Waals surface area contributed by atoms with Crippen LogP contribution < -0.4 is 5.32 Å². The van der Waals surface area contributed by atoms with Crippen LogP contribution in [0, 0.1) is 0 Å². The first-order chi connectivity index (χ1) is 10.2. The molecule has 5 nitrogen and oxygen atoms in total. The molecule has 3 heterocycles. The molecule has 0 aliphatic carbocycles. The van der Waals surface area contributed by atoms with Crippen LogP contribution in [-0.2, 0) is 0 Å². The summed E-state index contributed by atoms with van der Waals surface area (Å²) >= 11 is 1.67. The molecule has 2 aromatic rings. The summed E-state index contributed by atoms with van der Waals surface area (Å²) in [6.45, 7) is 1.93. The highest BCUT2D eigenvalue weighted by Gasteiger charge is 2.21. The number of nitrogens with zero attached hydrogens (tertiary/aromatic N) is 3. The zero-order valence-corrected chi connectivity index (χ0v) is 12.7. The topological polar surface area (TPSA) is 50.2 Å². The number of carbonyl (C=O) groups is 1. The van der Waals surface area contributed by atoms with Gasteiger partial charge < -0.3 is 10.2 Å². The molecule has 1 N–H and O–H groups in total. The zero-order valence-electron chi connectivity index (χ0n) is 11.9. The number of likely N-dealkylation sites (N-methyl/N-ethyl adjacent to an activating group) is 1. The van der Waals surface area contributed by atoms with Crippen molar-refractivity contribution in [3.05, 3.63) is 40.3 Å². The van der Waals surface area contributed by atoms with E-state index >= 15 is 0 Å². The molecule has 1 aliphatic rings. The van der Waals surface area contributed by atoms with Gasteiger partial charge in [0.1, 0.15) is 0 Å². The Labute approximate surface area is 127 Å². The van der Waals surface area contributed by atoms with Crippen LogP contribution in [0.15, 0.2) is 29.8 Å². The molecule has 0 saturated carbocycles. The Morgan fingerprint density at radius 2 is 2.38 bits per heavy atom. The third kappa shape index (κ3) is 3.59. The molecule has 21 heavy (non-hydrogen) atoms. The molecule has 6 heteroatoms. The van der Waals surface area contributed by atoms with Gasteiger partial charge in [0, 0.05) is 23.7 Å². The van der Waals surface area contributed by atoms with Crippen molar-refractivity contribution in [2.45, 2.75) is 12.5 Å². The van der Waals surface area contributed by atoms with E-state index < -0.39 is 0 Å². The maximum atomic E-state index is 12.1. The van der Waals surface area contributed by atoms with Crippen LogP contribution >= 0.6 is 11.3 Å². The molecule has 1 aliphatic heterocycles. The fourth-order valence-corrected chi connectivity index (χ4v) is 3.01. The van der Waals surface area contributed by atoms with Crippen LogP contribution in [0.25, 0.3) is 12.2 Å². The lowest BCUT2D eigenvalue weighted by Gasteiger charge is -2.12. The highest BCUT2D eigenvalue weighted by Crippen LogP contribution is 2.12. The fraction of sp³-hybridized carbons (Fsp3) is 0.333. The lowest BCUT2D eigenvalue weighted by atomic mass is 10.3. The molecule has 3 rings (SSSR count). The standard InChI is InChI=1S/C15H18N4OS/c1-18-8-6-13(11-18)16-15(20)19-9-7-12(17-19)4-5-14-3-2-10-21-14/h2-5,7,9-10,13H,6,8,11H2,1H3,(H,16,20)/b5-4+. The van der Waals surface area contributed by atoms with Gasteiger partial charge in [0.25, 0.3) is 0 Å². The molecule has 2 aromatic heterocycles. The molecular weight excluding hydrogens is 284 g/mol. The summed E-state index contributed by atoms with van der Waals surface area (Å²) in [6.07, 6.45) is 6.61. The first kappa shape index (κ1) is 14.0. The molecule has 0 bridgehead atoms. The average molecular weight is 302 g/mol. The van der Waals surface area contributed by atoms with Gasteiger partial charge in [-0.25, -0.2) is 4.79 Å². The van der Waals surface area contributed by atoms with Crippen molar-refractivity contribution in [1.82, 2.24) is 20.0 Å². The first-order valence-corrected chi connectivity index (χ1v) is 7.85. The van der Waals surface area contributed by atoms with Crippen molar-refractivity contribution in [2.75, 3.05) is 20.1 Å². The maximum absolute atomic E-state index is 12.1. The van der Waals surface area contributed by atoms with Gasteiger partial charge in [-0.05, 0) is 49.7 Å². The number of nitrogens with one attached hydrogen (secondary N) is 1. The SMILES string of the molecule is CN1CCC(NC(=O)n2ccc(/C=C/c3cccs3)n2)C1. The van der Waals surface area contributed by atoms with Crippen LogP contribution in [0.5, 0.6) is 0 Å².